The number of anilines is 1. The Bertz CT molecular complexity index is 1200. The second-order valence-corrected chi connectivity index (χ2v) is 6.23. The number of thiophene rings is 1. The fourth-order valence-electron chi connectivity index (χ4n) is 2.80. The molecule has 4 rings (SSSR count). The molecule has 3 heterocycles. The summed E-state index contributed by atoms with van der Waals surface area (Å²) in [5.74, 6) is 0.00471. The van der Waals surface area contributed by atoms with Crippen LogP contribution in [0, 0.1) is 11.3 Å². The van der Waals surface area contributed by atoms with Crippen molar-refractivity contribution in [3.63, 3.8) is 0 Å². The van der Waals surface area contributed by atoms with Crippen molar-refractivity contribution >= 4 is 37.6 Å². The van der Waals surface area contributed by atoms with E-state index in [1.807, 2.05) is 30.3 Å². The van der Waals surface area contributed by atoms with Crippen molar-refractivity contribution in [1.82, 2.24) is 9.97 Å². The van der Waals surface area contributed by atoms with Gasteiger partial charge < -0.3 is 15.8 Å². The molecule has 24 heavy (non-hydrogen) atoms. The summed E-state index contributed by atoms with van der Waals surface area (Å²) in [5, 5.41) is 20.2. The first-order chi connectivity index (χ1) is 11.6. The van der Waals surface area contributed by atoms with E-state index in [9.17, 15) is 15.2 Å². The summed E-state index contributed by atoms with van der Waals surface area (Å²) in [5.41, 5.74) is 7.64. The highest BCUT2D eigenvalue weighted by molar-refractivity contribution is 7.25. The van der Waals surface area contributed by atoms with Gasteiger partial charge in [-0.05, 0) is 5.56 Å². The molecule has 0 radical (unpaired) electrons. The van der Waals surface area contributed by atoms with E-state index in [0.717, 1.165) is 11.6 Å². The summed E-state index contributed by atoms with van der Waals surface area (Å²) in [7, 11) is 0. The lowest BCUT2D eigenvalue weighted by Crippen LogP contribution is -2.03. The number of aromatic nitrogens is 2. The van der Waals surface area contributed by atoms with Crippen LogP contribution in [-0.2, 0) is 0 Å². The van der Waals surface area contributed by atoms with Crippen LogP contribution < -0.4 is 11.3 Å². The van der Waals surface area contributed by atoms with E-state index in [1.165, 1.54) is 11.3 Å². The lowest BCUT2D eigenvalue weighted by molar-refractivity contribution is 0.481. The van der Waals surface area contributed by atoms with Gasteiger partial charge in [-0.25, -0.2) is 4.98 Å². The summed E-state index contributed by atoms with van der Waals surface area (Å²) in [4.78, 5) is 19.4. The molecule has 0 aliphatic rings. The van der Waals surface area contributed by atoms with Gasteiger partial charge in [-0.15, -0.1) is 11.3 Å². The van der Waals surface area contributed by atoms with Crippen LogP contribution in [0.25, 0.3) is 31.6 Å². The quantitative estimate of drug-likeness (QED) is 0.495. The Hall–Kier alpha value is -3.37. The molecule has 0 atom stereocenters. The van der Waals surface area contributed by atoms with E-state index in [1.54, 1.807) is 0 Å². The standard InChI is InChI=1S/C17H10N4O2S/c18-7-9-12(8-4-2-1-3-5-8)13-14-15(10(22)6-11(23)20-14)24-17(13)21-16(9)19/h1-6H,(H2,19,21)(H2,20,22,23). The summed E-state index contributed by atoms with van der Waals surface area (Å²) in [6.45, 7) is 0. The topological polar surface area (TPSA) is 116 Å². The third kappa shape index (κ3) is 1.94. The third-order valence-corrected chi connectivity index (χ3v) is 4.90. The Labute approximate surface area is 139 Å². The highest BCUT2D eigenvalue weighted by Gasteiger charge is 2.21. The van der Waals surface area contributed by atoms with Crippen molar-refractivity contribution in [2.45, 2.75) is 0 Å². The number of hydrogen-bond donors (Lipinski definition) is 3. The Morgan fingerprint density at radius 2 is 2.04 bits per heavy atom. The number of hydrogen-bond acceptors (Lipinski definition) is 6. The molecule has 3 aromatic heterocycles. The van der Waals surface area contributed by atoms with Crippen LogP contribution in [0.15, 0.2) is 41.2 Å². The molecule has 116 valence electrons. The number of aromatic hydroxyl groups is 1. The van der Waals surface area contributed by atoms with Crippen molar-refractivity contribution < 1.29 is 5.11 Å². The fraction of sp³-hybridized carbons (Fsp3) is 0. The van der Waals surface area contributed by atoms with Crippen molar-refractivity contribution in [1.29, 1.82) is 5.26 Å². The average Bonchev–Trinajstić information content (AvgIpc) is 2.92. The first-order valence-corrected chi connectivity index (χ1v) is 7.85. The molecule has 0 saturated heterocycles. The number of benzene rings is 1. The Kier molecular flexibility index (Phi) is 3.01. The number of fused-ring (bicyclic) bond motifs is 3. The Morgan fingerprint density at radius 3 is 2.75 bits per heavy atom. The van der Waals surface area contributed by atoms with Gasteiger partial charge >= 0.3 is 0 Å². The third-order valence-electron chi connectivity index (χ3n) is 3.79. The molecule has 0 spiro atoms. The van der Waals surface area contributed by atoms with Crippen molar-refractivity contribution in [2.24, 2.45) is 0 Å². The van der Waals surface area contributed by atoms with E-state index in [-0.39, 0.29) is 17.1 Å². The zero-order chi connectivity index (χ0) is 16.8. The molecule has 0 aliphatic carbocycles. The van der Waals surface area contributed by atoms with Gasteiger partial charge in [-0.3, -0.25) is 4.79 Å². The number of nitrogens with two attached hydrogens (primary N) is 1. The van der Waals surface area contributed by atoms with Crippen LogP contribution in [-0.4, -0.2) is 15.1 Å². The lowest BCUT2D eigenvalue weighted by atomic mass is 9.97. The van der Waals surface area contributed by atoms with E-state index >= 15 is 0 Å². The molecule has 6 nitrogen and oxygen atoms in total. The number of H-pyrrole nitrogens is 1. The number of pyridine rings is 2. The highest BCUT2D eigenvalue weighted by atomic mass is 32.1. The largest absolute Gasteiger partial charge is 0.506 e. The lowest BCUT2D eigenvalue weighted by Gasteiger charge is -2.08. The van der Waals surface area contributed by atoms with Crippen LogP contribution >= 0.6 is 11.3 Å². The molecule has 4 N–H and O–H groups in total. The zero-order valence-electron chi connectivity index (χ0n) is 12.2. The average molecular weight is 334 g/mol. The van der Waals surface area contributed by atoms with Gasteiger partial charge in [0, 0.05) is 17.0 Å². The van der Waals surface area contributed by atoms with Gasteiger partial charge in [-0.2, -0.15) is 5.26 Å². The molecule has 1 aromatic carbocycles. The summed E-state index contributed by atoms with van der Waals surface area (Å²) in [6, 6.07) is 12.5. The molecular weight excluding hydrogens is 324 g/mol. The second kappa shape index (κ2) is 5.08. The molecule has 0 unspecified atom stereocenters. The van der Waals surface area contributed by atoms with E-state index in [0.29, 0.717) is 26.0 Å². The van der Waals surface area contributed by atoms with E-state index < -0.39 is 5.56 Å². The normalized spacial score (nSPS) is 11.0. The molecule has 0 aliphatic heterocycles. The minimum atomic E-state index is -0.422. The molecule has 4 aromatic rings. The van der Waals surface area contributed by atoms with E-state index in [2.05, 4.69) is 16.0 Å². The fourth-order valence-corrected chi connectivity index (χ4v) is 3.87. The predicted octanol–water partition coefficient (Wildman–Crippen LogP) is 2.96. The van der Waals surface area contributed by atoms with Crippen molar-refractivity contribution in [3.8, 4) is 22.9 Å². The van der Waals surface area contributed by atoms with Gasteiger partial charge in [-0.1, -0.05) is 30.3 Å². The molecule has 0 fully saturated rings. The summed E-state index contributed by atoms with van der Waals surface area (Å²) >= 11 is 1.22. The highest BCUT2D eigenvalue weighted by Crippen LogP contribution is 2.43. The Morgan fingerprint density at radius 1 is 1.29 bits per heavy atom. The second-order valence-electron chi connectivity index (χ2n) is 5.23. The molecule has 0 amide bonds. The number of aromatic amines is 1. The maximum absolute atomic E-state index is 11.8. The molecule has 0 bridgehead atoms. The van der Waals surface area contributed by atoms with Crippen LogP contribution in [0.2, 0.25) is 0 Å². The van der Waals surface area contributed by atoms with Crippen LogP contribution in [0.1, 0.15) is 5.56 Å². The number of nitrogens with zero attached hydrogens (tertiary/aromatic N) is 2. The first kappa shape index (κ1) is 14.2. The molecule has 0 saturated carbocycles. The van der Waals surface area contributed by atoms with Gasteiger partial charge in [0.15, 0.2) is 0 Å². The van der Waals surface area contributed by atoms with Crippen molar-refractivity contribution in [3.05, 3.63) is 52.3 Å². The maximum atomic E-state index is 11.8. The summed E-state index contributed by atoms with van der Waals surface area (Å²) in [6.07, 6.45) is 0. The van der Waals surface area contributed by atoms with Gasteiger partial charge in [0.05, 0.1) is 10.2 Å². The van der Waals surface area contributed by atoms with Crippen molar-refractivity contribution in [2.75, 3.05) is 5.73 Å². The number of nitrogens with one attached hydrogen (secondary N) is 1. The van der Waals surface area contributed by atoms with E-state index in [4.69, 9.17) is 5.73 Å². The van der Waals surface area contributed by atoms with Gasteiger partial charge in [0.2, 0.25) is 0 Å². The molecule has 7 heteroatoms. The smallest absolute Gasteiger partial charge is 0.252 e. The minimum absolute atomic E-state index is 0.118. The molecular formula is C17H10N4O2S. The van der Waals surface area contributed by atoms with Crippen LogP contribution in [0.5, 0.6) is 5.75 Å². The maximum Gasteiger partial charge on any atom is 0.252 e. The summed E-state index contributed by atoms with van der Waals surface area (Å²) < 4.78 is 0.503. The first-order valence-electron chi connectivity index (χ1n) is 7.03. The predicted molar refractivity (Wildman–Crippen MR) is 94.0 cm³/mol. The Balaban J connectivity index is 2.31. The SMILES string of the molecule is N#Cc1c(N)nc2sc3c(O)cc(=O)[nH]c3c2c1-c1ccccc1. The van der Waals surface area contributed by atoms with Crippen LogP contribution in [0.4, 0.5) is 5.82 Å². The van der Waals surface area contributed by atoms with Gasteiger partial charge in [0.25, 0.3) is 5.56 Å². The number of rotatable bonds is 1. The minimum Gasteiger partial charge on any atom is -0.506 e. The van der Waals surface area contributed by atoms with Crippen LogP contribution in [0.3, 0.4) is 0 Å². The van der Waals surface area contributed by atoms with Gasteiger partial charge in [0.1, 0.15) is 28.0 Å². The number of nitriles is 1. The monoisotopic (exact) mass is 334 g/mol. The zero-order valence-corrected chi connectivity index (χ0v) is 13.0. The number of nitrogen functional groups attached to an aromatic ring is 1.